The molecule has 3 unspecified atom stereocenters. The Kier molecular flexibility index (Phi) is 2.96. The molecule has 14 heavy (non-hydrogen) atoms. The van der Waals surface area contributed by atoms with Crippen molar-refractivity contribution in [1.29, 1.82) is 0 Å². The summed E-state index contributed by atoms with van der Waals surface area (Å²) in [6.45, 7) is 0. The Morgan fingerprint density at radius 1 is 1.21 bits per heavy atom. The largest absolute Gasteiger partial charge is 0.360 e. The molecule has 0 heterocycles. The minimum absolute atomic E-state index is 0.664. The summed E-state index contributed by atoms with van der Waals surface area (Å²) >= 11 is 5.29. The zero-order chi connectivity index (χ0) is 10.1. The monoisotopic (exact) mass is 212 g/mol. The van der Waals surface area contributed by atoms with E-state index in [1.807, 2.05) is 19.0 Å². The van der Waals surface area contributed by atoms with Crippen LogP contribution in [0.2, 0.25) is 0 Å². The van der Waals surface area contributed by atoms with Crippen LogP contribution in [-0.2, 0) is 0 Å². The van der Waals surface area contributed by atoms with Gasteiger partial charge in [0.15, 0.2) is 5.11 Å². The van der Waals surface area contributed by atoms with Crippen LogP contribution >= 0.6 is 12.2 Å². The van der Waals surface area contributed by atoms with Crippen LogP contribution in [0.1, 0.15) is 32.1 Å². The first kappa shape index (κ1) is 10.2. The van der Waals surface area contributed by atoms with Gasteiger partial charge in [0.2, 0.25) is 0 Å². The maximum Gasteiger partial charge on any atom is 0.168 e. The van der Waals surface area contributed by atoms with Gasteiger partial charge >= 0.3 is 0 Å². The molecule has 80 valence electrons. The van der Waals surface area contributed by atoms with Gasteiger partial charge < -0.3 is 10.2 Å². The van der Waals surface area contributed by atoms with Gasteiger partial charge in [-0.15, -0.1) is 0 Å². The second-order valence-electron chi connectivity index (χ2n) is 4.88. The van der Waals surface area contributed by atoms with Gasteiger partial charge in [-0.3, -0.25) is 0 Å². The minimum atomic E-state index is 0.664. The van der Waals surface area contributed by atoms with Crippen LogP contribution in [0.4, 0.5) is 0 Å². The van der Waals surface area contributed by atoms with Crippen LogP contribution in [0, 0.1) is 11.8 Å². The Bertz CT molecular complexity index is 227. The van der Waals surface area contributed by atoms with Crippen molar-refractivity contribution in [1.82, 2.24) is 10.2 Å². The van der Waals surface area contributed by atoms with E-state index in [2.05, 4.69) is 5.32 Å². The van der Waals surface area contributed by atoms with Crippen LogP contribution in [0.3, 0.4) is 0 Å². The molecule has 2 aliphatic rings. The van der Waals surface area contributed by atoms with E-state index in [0.717, 1.165) is 16.9 Å². The highest BCUT2D eigenvalue weighted by molar-refractivity contribution is 7.80. The lowest BCUT2D eigenvalue weighted by molar-refractivity contribution is 0.393. The molecule has 0 radical (unpaired) electrons. The van der Waals surface area contributed by atoms with E-state index in [9.17, 15) is 0 Å². The molecule has 2 nitrogen and oxygen atoms in total. The predicted octanol–water partition coefficient (Wildman–Crippen LogP) is 2.00. The molecular formula is C11H20N2S. The fourth-order valence-corrected chi connectivity index (χ4v) is 3.18. The number of fused-ring (bicyclic) bond motifs is 1. The molecule has 3 atom stereocenters. The summed E-state index contributed by atoms with van der Waals surface area (Å²) in [7, 11) is 4.02. The number of hydrogen-bond donors (Lipinski definition) is 1. The molecule has 2 fully saturated rings. The fourth-order valence-electron chi connectivity index (χ4n) is 3.03. The average Bonchev–Trinajstić information content (AvgIpc) is 2.69. The molecule has 0 aromatic carbocycles. The Morgan fingerprint density at radius 2 is 2.00 bits per heavy atom. The maximum absolute atomic E-state index is 5.29. The molecule has 3 heteroatoms. The summed E-state index contributed by atoms with van der Waals surface area (Å²) < 4.78 is 0. The SMILES string of the molecule is CN(C)C(=S)NC1CCC2CCCC21. The van der Waals surface area contributed by atoms with Gasteiger partial charge in [-0.05, 0) is 43.3 Å². The van der Waals surface area contributed by atoms with E-state index >= 15 is 0 Å². The van der Waals surface area contributed by atoms with Gasteiger partial charge in [0.05, 0.1) is 0 Å². The van der Waals surface area contributed by atoms with Crippen molar-refractivity contribution in [3.8, 4) is 0 Å². The normalized spacial score (nSPS) is 35.4. The summed E-state index contributed by atoms with van der Waals surface area (Å²) in [5.41, 5.74) is 0. The number of thiocarbonyl (C=S) groups is 1. The van der Waals surface area contributed by atoms with Gasteiger partial charge in [0, 0.05) is 20.1 Å². The highest BCUT2D eigenvalue weighted by atomic mass is 32.1. The number of hydrogen-bond acceptors (Lipinski definition) is 1. The third-order valence-corrected chi connectivity index (χ3v) is 4.28. The van der Waals surface area contributed by atoms with Gasteiger partial charge in [-0.2, -0.15) is 0 Å². The summed E-state index contributed by atoms with van der Waals surface area (Å²) in [6, 6.07) is 0.664. The first-order valence-corrected chi connectivity index (χ1v) is 6.07. The molecule has 0 amide bonds. The number of nitrogens with one attached hydrogen (secondary N) is 1. The van der Waals surface area contributed by atoms with Crippen molar-refractivity contribution in [2.24, 2.45) is 11.8 Å². The van der Waals surface area contributed by atoms with Gasteiger partial charge in [0.1, 0.15) is 0 Å². The van der Waals surface area contributed by atoms with Gasteiger partial charge in [-0.25, -0.2) is 0 Å². The molecule has 2 aliphatic carbocycles. The van der Waals surface area contributed by atoms with Gasteiger partial charge in [0.25, 0.3) is 0 Å². The second kappa shape index (κ2) is 4.05. The summed E-state index contributed by atoms with van der Waals surface area (Å²) in [5.74, 6) is 1.91. The highest BCUT2D eigenvalue weighted by Gasteiger charge is 2.39. The molecule has 2 rings (SSSR count). The van der Waals surface area contributed by atoms with E-state index in [1.165, 1.54) is 32.1 Å². The first-order chi connectivity index (χ1) is 6.68. The lowest BCUT2D eigenvalue weighted by Crippen LogP contribution is -2.43. The number of nitrogens with zero attached hydrogens (tertiary/aromatic N) is 1. The minimum Gasteiger partial charge on any atom is -0.360 e. The van der Waals surface area contributed by atoms with E-state index in [4.69, 9.17) is 12.2 Å². The molecule has 0 spiro atoms. The van der Waals surface area contributed by atoms with Crippen LogP contribution in [0.5, 0.6) is 0 Å². The topological polar surface area (TPSA) is 15.3 Å². The van der Waals surface area contributed by atoms with Crippen molar-refractivity contribution in [3.63, 3.8) is 0 Å². The van der Waals surface area contributed by atoms with Crippen LogP contribution in [0.25, 0.3) is 0 Å². The Labute approximate surface area is 92.0 Å². The van der Waals surface area contributed by atoms with E-state index in [-0.39, 0.29) is 0 Å². The Balaban J connectivity index is 1.90. The van der Waals surface area contributed by atoms with Crippen molar-refractivity contribution in [2.75, 3.05) is 14.1 Å². The third kappa shape index (κ3) is 1.88. The van der Waals surface area contributed by atoms with Crippen LogP contribution in [-0.4, -0.2) is 30.1 Å². The smallest absolute Gasteiger partial charge is 0.168 e. The molecule has 0 aromatic rings. The lowest BCUT2D eigenvalue weighted by atomic mass is 9.98. The lowest BCUT2D eigenvalue weighted by Gasteiger charge is -2.24. The third-order valence-electron chi connectivity index (χ3n) is 3.80. The van der Waals surface area contributed by atoms with Crippen molar-refractivity contribution >= 4 is 17.3 Å². The molecular weight excluding hydrogens is 192 g/mol. The highest BCUT2D eigenvalue weighted by Crippen LogP contribution is 2.43. The summed E-state index contributed by atoms with van der Waals surface area (Å²) in [6.07, 6.45) is 7.04. The molecule has 0 aromatic heterocycles. The summed E-state index contributed by atoms with van der Waals surface area (Å²) in [4.78, 5) is 2.00. The van der Waals surface area contributed by atoms with E-state index in [1.54, 1.807) is 0 Å². The first-order valence-electron chi connectivity index (χ1n) is 5.66. The van der Waals surface area contributed by atoms with Crippen molar-refractivity contribution < 1.29 is 0 Å². The molecule has 0 saturated heterocycles. The van der Waals surface area contributed by atoms with E-state index < -0.39 is 0 Å². The zero-order valence-corrected chi connectivity index (χ0v) is 9.94. The molecule has 2 saturated carbocycles. The molecule has 1 N–H and O–H groups in total. The summed E-state index contributed by atoms with van der Waals surface area (Å²) in [5, 5.41) is 4.41. The standard InChI is InChI=1S/C11H20N2S/c1-13(2)11(14)12-10-7-6-8-4-3-5-9(8)10/h8-10H,3-7H2,1-2H3,(H,12,14). The number of rotatable bonds is 1. The van der Waals surface area contributed by atoms with Gasteiger partial charge in [-0.1, -0.05) is 12.8 Å². The van der Waals surface area contributed by atoms with Crippen molar-refractivity contribution in [3.05, 3.63) is 0 Å². The quantitative estimate of drug-likeness (QED) is 0.669. The fraction of sp³-hybridized carbons (Fsp3) is 0.909. The van der Waals surface area contributed by atoms with Crippen LogP contribution in [0.15, 0.2) is 0 Å². The maximum atomic E-state index is 5.29. The van der Waals surface area contributed by atoms with Crippen LogP contribution < -0.4 is 5.32 Å². The molecule has 0 aliphatic heterocycles. The zero-order valence-electron chi connectivity index (χ0n) is 9.12. The average molecular weight is 212 g/mol. The second-order valence-corrected chi connectivity index (χ2v) is 5.27. The Hall–Kier alpha value is -0.310. The van der Waals surface area contributed by atoms with E-state index in [0.29, 0.717) is 6.04 Å². The molecule has 0 bridgehead atoms. The predicted molar refractivity (Wildman–Crippen MR) is 63.3 cm³/mol. The van der Waals surface area contributed by atoms with Crippen molar-refractivity contribution in [2.45, 2.75) is 38.1 Å². The Morgan fingerprint density at radius 3 is 2.71 bits per heavy atom.